The van der Waals surface area contributed by atoms with Crippen LogP contribution in [0.5, 0.6) is 0 Å². The van der Waals surface area contributed by atoms with Crippen molar-refractivity contribution in [1.29, 1.82) is 0 Å². The van der Waals surface area contributed by atoms with Gasteiger partial charge in [-0.1, -0.05) is 29.8 Å². The van der Waals surface area contributed by atoms with Crippen LogP contribution in [0.15, 0.2) is 43.2 Å². The second-order valence-electron chi connectivity index (χ2n) is 7.86. The minimum absolute atomic E-state index is 0.0469. The van der Waals surface area contributed by atoms with Crippen molar-refractivity contribution in [3.8, 4) is 0 Å². The molecule has 0 aliphatic carbocycles. The number of nitrogens with one attached hydrogen (secondary N) is 1. The van der Waals surface area contributed by atoms with Crippen LogP contribution in [0, 0.1) is 11.7 Å². The van der Waals surface area contributed by atoms with Crippen LogP contribution < -0.4 is 10.2 Å². The van der Waals surface area contributed by atoms with Crippen molar-refractivity contribution < 1.29 is 9.18 Å². The number of benzene rings is 1. The lowest BCUT2D eigenvalue weighted by Gasteiger charge is -2.26. The van der Waals surface area contributed by atoms with E-state index >= 15 is 0 Å². The van der Waals surface area contributed by atoms with Gasteiger partial charge in [-0.25, -0.2) is 19.3 Å². The van der Waals surface area contributed by atoms with Gasteiger partial charge in [-0.2, -0.15) is 0 Å². The number of carbonyl (C=O) groups excluding carboxylic acids is 1. The van der Waals surface area contributed by atoms with E-state index in [1.54, 1.807) is 0 Å². The SMILES string of the molecule is C=CC(=O)N1CC2CCN(c3ccc4ncnc(Nc5ccc(Cl)c(Cl)c5F)c4n3)C2C1. The maximum Gasteiger partial charge on any atom is 0.246 e. The summed E-state index contributed by atoms with van der Waals surface area (Å²) >= 11 is 11.8. The van der Waals surface area contributed by atoms with Crippen LogP contribution in [0.2, 0.25) is 10.0 Å². The highest BCUT2D eigenvalue weighted by Gasteiger charge is 2.42. The number of amides is 1. The van der Waals surface area contributed by atoms with E-state index in [-0.39, 0.29) is 27.7 Å². The summed E-state index contributed by atoms with van der Waals surface area (Å²) in [5.74, 6) is 0.813. The number of aromatic nitrogens is 3. The average molecular weight is 473 g/mol. The van der Waals surface area contributed by atoms with Crippen molar-refractivity contribution in [3.63, 3.8) is 0 Å². The van der Waals surface area contributed by atoms with Gasteiger partial charge in [-0.15, -0.1) is 0 Å². The molecule has 2 saturated heterocycles. The number of rotatable bonds is 4. The molecule has 4 heterocycles. The standard InChI is InChI=1S/C22H19Cl2FN6O/c1-2-18(32)30-9-12-7-8-31(16(12)10-30)17-6-5-15-21(29-17)22(27-11-26-15)28-14-4-3-13(23)19(24)20(14)25/h2-6,11-12,16H,1,7-10H2,(H,26,27,28). The Hall–Kier alpha value is -2.97. The Morgan fingerprint density at radius 1 is 1.22 bits per heavy atom. The van der Waals surface area contributed by atoms with Crippen molar-refractivity contribution in [1.82, 2.24) is 19.9 Å². The fourth-order valence-electron chi connectivity index (χ4n) is 4.49. The maximum atomic E-state index is 14.6. The Balaban J connectivity index is 1.48. The molecule has 2 aliphatic heterocycles. The molecule has 2 aliphatic rings. The van der Waals surface area contributed by atoms with E-state index in [0.29, 0.717) is 29.3 Å². The molecule has 2 unspecified atom stereocenters. The Labute approximate surface area is 193 Å². The Bertz CT molecular complexity index is 1240. The minimum Gasteiger partial charge on any atom is -0.351 e. The third kappa shape index (κ3) is 3.53. The second kappa shape index (κ2) is 8.18. The molecule has 10 heteroatoms. The highest BCUT2D eigenvalue weighted by molar-refractivity contribution is 6.42. The fourth-order valence-corrected chi connectivity index (χ4v) is 4.80. The Kier molecular flexibility index (Phi) is 5.35. The Morgan fingerprint density at radius 2 is 2.06 bits per heavy atom. The predicted octanol–water partition coefficient (Wildman–Crippen LogP) is 4.44. The van der Waals surface area contributed by atoms with E-state index in [1.165, 1.54) is 24.5 Å². The number of pyridine rings is 1. The van der Waals surface area contributed by atoms with Gasteiger partial charge in [0, 0.05) is 25.6 Å². The summed E-state index contributed by atoms with van der Waals surface area (Å²) in [7, 11) is 0. The molecule has 1 amide bonds. The van der Waals surface area contributed by atoms with Crippen LogP contribution in [0.4, 0.5) is 21.7 Å². The number of nitrogens with zero attached hydrogens (tertiary/aromatic N) is 5. The number of halogens is 3. The van der Waals surface area contributed by atoms with E-state index < -0.39 is 5.82 Å². The van der Waals surface area contributed by atoms with E-state index in [4.69, 9.17) is 28.2 Å². The van der Waals surface area contributed by atoms with E-state index in [2.05, 4.69) is 26.8 Å². The van der Waals surface area contributed by atoms with E-state index in [0.717, 1.165) is 25.3 Å². The minimum atomic E-state index is -0.664. The zero-order valence-corrected chi connectivity index (χ0v) is 18.4. The summed E-state index contributed by atoms with van der Waals surface area (Å²) in [5, 5.41) is 2.93. The first-order valence-electron chi connectivity index (χ1n) is 10.2. The highest BCUT2D eigenvalue weighted by atomic mass is 35.5. The van der Waals surface area contributed by atoms with Crippen LogP contribution in [-0.2, 0) is 4.79 Å². The molecule has 7 nitrogen and oxygen atoms in total. The van der Waals surface area contributed by atoms with Gasteiger partial charge in [0.15, 0.2) is 11.6 Å². The van der Waals surface area contributed by atoms with Crippen LogP contribution in [-0.4, -0.2) is 51.4 Å². The molecule has 2 aromatic heterocycles. The zero-order chi connectivity index (χ0) is 22.4. The molecule has 1 N–H and O–H groups in total. The summed E-state index contributed by atoms with van der Waals surface area (Å²) in [6.45, 7) is 5.81. The van der Waals surface area contributed by atoms with Crippen LogP contribution in [0.25, 0.3) is 11.0 Å². The molecule has 2 atom stereocenters. The molecule has 2 fully saturated rings. The number of carbonyl (C=O) groups is 1. The van der Waals surface area contributed by atoms with Crippen molar-refractivity contribution in [3.05, 3.63) is 59.1 Å². The highest BCUT2D eigenvalue weighted by Crippen LogP contribution is 2.36. The van der Waals surface area contributed by atoms with Crippen LogP contribution in [0.1, 0.15) is 6.42 Å². The molecular formula is C22H19Cl2FN6O. The van der Waals surface area contributed by atoms with Crippen molar-refractivity contribution >= 4 is 57.5 Å². The number of fused-ring (bicyclic) bond motifs is 2. The van der Waals surface area contributed by atoms with E-state index in [9.17, 15) is 9.18 Å². The van der Waals surface area contributed by atoms with E-state index in [1.807, 2.05) is 17.0 Å². The second-order valence-corrected chi connectivity index (χ2v) is 8.65. The lowest BCUT2D eigenvalue weighted by molar-refractivity contribution is -0.125. The van der Waals surface area contributed by atoms with Crippen LogP contribution >= 0.6 is 23.2 Å². The molecule has 0 radical (unpaired) electrons. The first-order chi connectivity index (χ1) is 15.5. The number of anilines is 3. The summed E-state index contributed by atoms with van der Waals surface area (Å²) in [6, 6.07) is 6.98. The number of likely N-dealkylation sites (tertiary alicyclic amines) is 1. The third-order valence-electron chi connectivity index (χ3n) is 6.08. The lowest BCUT2D eigenvalue weighted by Crippen LogP contribution is -2.37. The molecular weight excluding hydrogens is 454 g/mol. The fraction of sp³-hybridized carbons (Fsp3) is 0.273. The van der Waals surface area contributed by atoms with Gasteiger partial charge in [0.05, 0.1) is 27.3 Å². The first kappa shape index (κ1) is 20.9. The normalized spacial score (nSPS) is 20.0. The first-order valence-corrected chi connectivity index (χ1v) is 10.9. The lowest BCUT2D eigenvalue weighted by atomic mass is 10.1. The van der Waals surface area contributed by atoms with Crippen molar-refractivity contribution in [2.75, 3.05) is 29.9 Å². The number of hydrogen-bond acceptors (Lipinski definition) is 6. The molecule has 164 valence electrons. The van der Waals surface area contributed by atoms with Gasteiger partial charge in [0.2, 0.25) is 5.91 Å². The molecule has 1 aromatic carbocycles. The van der Waals surface area contributed by atoms with Crippen LogP contribution in [0.3, 0.4) is 0 Å². The molecule has 0 bridgehead atoms. The quantitative estimate of drug-likeness (QED) is 0.446. The molecule has 32 heavy (non-hydrogen) atoms. The number of hydrogen-bond donors (Lipinski definition) is 1. The molecule has 3 aromatic rings. The van der Waals surface area contributed by atoms with Crippen molar-refractivity contribution in [2.24, 2.45) is 5.92 Å². The summed E-state index contributed by atoms with van der Waals surface area (Å²) in [5.41, 5.74) is 1.27. The topological polar surface area (TPSA) is 74.2 Å². The van der Waals surface area contributed by atoms with Gasteiger partial charge in [-0.05, 0) is 36.8 Å². The smallest absolute Gasteiger partial charge is 0.246 e. The summed E-state index contributed by atoms with van der Waals surface area (Å²) < 4.78 is 14.6. The molecule has 0 spiro atoms. The van der Waals surface area contributed by atoms with Gasteiger partial charge in [0.25, 0.3) is 0 Å². The monoisotopic (exact) mass is 472 g/mol. The summed E-state index contributed by atoms with van der Waals surface area (Å²) in [4.78, 5) is 29.5. The molecule has 5 rings (SSSR count). The Morgan fingerprint density at radius 3 is 2.88 bits per heavy atom. The maximum absolute atomic E-state index is 14.6. The van der Waals surface area contributed by atoms with Gasteiger partial charge < -0.3 is 15.1 Å². The largest absolute Gasteiger partial charge is 0.351 e. The molecule has 0 saturated carbocycles. The predicted molar refractivity (Wildman–Crippen MR) is 123 cm³/mol. The van der Waals surface area contributed by atoms with Gasteiger partial charge >= 0.3 is 0 Å². The third-order valence-corrected chi connectivity index (χ3v) is 6.86. The zero-order valence-electron chi connectivity index (χ0n) is 16.9. The summed E-state index contributed by atoms with van der Waals surface area (Å²) in [6.07, 6.45) is 3.73. The van der Waals surface area contributed by atoms with Gasteiger partial charge in [0.1, 0.15) is 17.7 Å². The van der Waals surface area contributed by atoms with Gasteiger partial charge in [-0.3, -0.25) is 4.79 Å². The average Bonchev–Trinajstić information content (AvgIpc) is 3.40. The van der Waals surface area contributed by atoms with Crippen molar-refractivity contribution in [2.45, 2.75) is 12.5 Å².